The number of ether oxygens (including phenoxy) is 3. The summed E-state index contributed by atoms with van der Waals surface area (Å²) in [6, 6.07) is 7.37. The van der Waals surface area contributed by atoms with Crippen LogP contribution in [-0.4, -0.2) is 146 Å². The maximum atomic E-state index is 13.6. The number of aromatic nitrogens is 12. The van der Waals surface area contributed by atoms with E-state index in [2.05, 4.69) is 44.9 Å². The summed E-state index contributed by atoms with van der Waals surface area (Å²) in [5.41, 5.74) is 17.3. The molecule has 9 rings (SSSR count). The van der Waals surface area contributed by atoms with Gasteiger partial charge in [-0.3, -0.25) is 72.6 Å². The van der Waals surface area contributed by atoms with Crippen LogP contribution in [0, 0.1) is 30.3 Å². The SMILES string of the molecule is CN(CCCCCl)P(=O)(COCCn1cnc2c(=O)[nH]c(N)nc21)OCc1ccc([N+](=O)[O-])o1.Nc1nc(Cl)c2ncn(CCOCP(=O)(O)OCc3ccc([N+](=O)[O-])o3)c2n1.Nc1nc2c(ncn2CCOCP(=O)(O)OCc2ccc([N+](=O)[O-])o2)c(=O)[nH]1. The summed E-state index contributed by atoms with van der Waals surface area (Å²) in [6.45, 7) is 0.268. The van der Waals surface area contributed by atoms with Crippen LogP contribution in [-0.2, 0) is 80.9 Å². The largest absolute Gasteiger partial charge is 0.433 e. The zero-order valence-electron chi connectivity index (χ0n) is 46.7. The van der Waals surface area contributed by atoms with E-state index in [1.165, 1.54) is 47.8 Å². The topological polar surface area (TPSA) is 568 Å². The van der Waals surface area contributed by atoms with Crippen molar-refractivity contribution < 1.29 is 79.3 Å². The number of nitro groups is 3. The molecule has 0 bridgehead atoms. The molecule has 0 aromatic carbocycles. The number of furan rings is 3. The average molecular weight is 1360 g/mol. The number of halogens is 2. The molecule has 3 atom stereocenters. The van der Waals surface area contributed by atoms with E-state index in [-0.39, 0.29) is 109 Å². The van der Waals surface area contributed by atoms with E-state index < -0.39 is 92.2 Å². The van der Waals surface area contributed by atoms with Gasteiger partial charge in [0.25, 0.3) is 18.6 Å². The lowest BCUT2D eigenvalue weighted by Crippen LogP contribution is -2.22. The standard InChI is InChI=1S/C18H25ClN7O7P.C13H14ClN6O7P.C13H15N6O8P/c1-24(7-3-2-6-19)34(30,32-10-13-4-5-14(33-13)26(28)29)12-31-9-8-25-11-21-15-16(25)22-18(20)23-17(15)27;14-11-10-12(18-13(15)17-11)19(6-16-10)3-4-25-7-28(23,24)26-5-8-1-2-9(27-8)20(21)22;14-13-16-11-10(12(20)17-13)15-6-18(11)3-4-25-7-28(23,24)26-5-8-1-2-9(27-8)19(21)22/h4-5,11H,2-3,6-10,12H2,1H3,(H3,20,22,23,27);1-2,6H,3-5,7H2,(H,23,24)(H2,15,17,18);1-2,6H,3-5,7H2,(H,23,24)(H3,14,16,17,20). The third-order valence-corrected chi connectivity index (χ3v) is 16.6. The van der Waals surface area contributed by atoms with E-state index in [9.17, 15) is 63.4 Å². The molecule has 46 heteroatoms. The van der Waals surface area contributed by atoms with Gasteiger partial charge in [0.2, 0.25) is 17.8 Å². The number of hydrogen-bond acceptors (Lipinski definition) is 30. The van der Waals surface area contributed by atoms with E-state index in [1.54, 1.807) is 20.9 Å². The van der Waals surface area contributed by atoms with Crippen LogP contribution >= 0.6 is 45.9 Å². The van der Waals surface area contributed by atoms with Crippen LogP contribution in [0.25, 0.3) is 33.5 Å². The fourth-order valence-corrected chi connectivity index (χ4v) is 10.9. The Morgan fingerprint density at radius 3 is 1.39 bits per heavy atom. The molecule has 0 aliphatic carbocycles. The van der Waals surface area contributed by atoms with Gasteiger partial charge in [-0.15, -0.1) is 11.6 Å². The molecule has 0 radical (unpaired) electrons. The number of aromatic amines is 2. The summed E-state index contributed by atoms with van der Waals surface area (Å²) < 4.78 is 89.7. The molecule has 0 saturated carbocycles. The fraction of sp³-hybridized carbons (Fsp3) is 0.386. The summed E-state index contributed by atoms with van der Waals surface area (Å²) in [5, 5.41) is 32.0. The predicted octanol–water partition coefficient (Wildman–Crippen LogP) is 5.06. The molecule has 41 nitrogen and oxygen atoms in total. The fourth-order valence-electron chi connectivity index (χ4n) is 7.40. The second-order valence-electron chi connectivity index (χ2n) is 18.2. The molecule has 90 heavy (non-hydrogen) atoms. The molecule has 10 N–H and O–H groups in total. The number of hydrogen-bond donors (Lipinski definition) is 7. The minimum atomic E-state index is -4.11. The summed E-state index contributed by atoms with van der Waals surface area (Å²) in [6.07, 6.45) is 4.27. The number of rotatable bonds is 32. The second-order valence-corrected chi connectivity index (χ2v) is 25.0. The van der Waals surface area contributed by atoms with Gasteiger partial charge >= 0.3 is 32.8 Å². The lowest BCUT2D eigenvalue weighted by molar-refractivity contribution is -0.402. The van der Waals surface area contributed by atoms with Crippen molar-refractivity contribution in [2.45, 2.75) is 52.3 Å². The van der Waals surface area contributed by atoms with Gasteiger partial charge in [0.1, 0.15) is 76.4 Å². The summed E-state index contributed by atoms with van der Waals surface area (Å²) >= 11 is 11.7. The molecule has 486 valence electrons. The number of H-pyrrole nitrogens is 2. The first-order valence-electron chi connectivity index (χ1n) is 25.6. The van der Waals surface area contributed by atoms with Crippen LogP contribution in [0.3, 0.4) is 0 Å². The molecule has 0 aliphatic rings. The number of imidazole rings is 3. The Balaban J connectivity index is 0.000000193. The van der Waals surface area contributed by atoms with Gasteiger partial charge < -0.3 is 72.7 Å². The van der Waals surface area contributed by atoms with E-state index in [1.807, 2.05) is 0 Å². The molecule has 9 aromatic heterocycles. The highest BCUT2D eigenvalue weighted by atomic mass is 35.5. The number of nitrogen functional groups attached to an aromatic ring is 3. The Morgan fingerprint density at radius 1 is 0.600 bits per heavy atom. The van der Waals surface area contributed by atoms with Gasteiger partial charge in [-0.25, -0.2) is 19.6 Å². The van der Waals surface area contributed by atoms with Crippen LogP contribution < -0.4 is 28.3 Å². The van der Waals surface area contributed by atoms with Crippen molar-refractivity contribution in [3.05, 3.63) is 129 Å². The van der Waals surface area contributed by atoms with Crippen molar-refractivity contribution >= 4 is 115 Å². The lowest BCUT2D eigenvalue weighted by Gasteiger charge is -2.27. The molecule has 0 spiro atoms. The highest BCUT2D eigenvalue weighted by Crippen LogP contribution is 2.51. The maximum Gasteiger partial charge on any atom is 0.433 e. The Bertz CT molecular complexity index is 4220. The Labute approximate surface area is 512 Å². The minimum absolute atomic E-state index is 0.0000222. The summed E-state index contributed by atoms with van der Waals surface area (Å²) in [7, 11) is -10.0. The maximum absolute atomic E-state index is 13.6. The lowest BCUT2D eigenvalue weighted by atomic mass is 10.3. The van der Waals surface area contributed by atoms with Crippen molar-refractivity contribution in [3.63, 3.8) is 0 Å². The number of fused-ring (bicyclic) bond motifs is 3. The van der Waals surface area contributed by atoms with Crippen LogP contribution in [0.4, 0.5) is 35.5 Å². The van der Waals surface area contributed by atoms with Gasteiger partial charge in [0.05, 0.1) is 57.0 Å². The number of unbranched alkanes of at least 4 members (excludes halogenated alkanes) is 1. The van der Waals surface area contributed by atoms with Crippen molar-refractivity contribution in [3.8, 4) is 0 Å². The van der Waals surface area contributed by atoms with Crippen LogP contribution in [0.1, 0.15) is 30.1 Å². The number of nitrogens with one attached hydrogen (secondary N) is 2. The van der Waals surface area contributed by atoms with Crippen molar-refractivity contribution in [2.75, 3.05) is 75.5 Å². The van der Waals surface area contributed by atoms with Gasteiger partial charge in [0, 0.05) is 32.1 Å². The molecule has 3 unspecified atom stereocenters. The highest BCUT2D eigenvalue weighted by molar-refractivity contribution is 7.56. The molecule has 0 aliphatic heterocycles. The van der Waals surface area contributed by atoms with Crippen molar-refractivity contribution in [1.82, 2.24) is 63.2 Å². The van der Waals surface area contributed by atoms with Gasteiger partial charge in [0.15, 0.2) is 33.1 Å². The summed E-state index contributed by atoms with van der Waals surface area (Å²) in [4.78, 5) is 105. The second kappa shape index (κ2) is 31.4. The Hall–Kier alpha value is -8.40. The van der Waals surface area contributed by atoms with Crippen molar-refractivity contribution in [1.29, 1.82) is 0 Å². The van der Waals surface area contributed by atoms with Crippen LogP contribution in [0.5, 0.6) is 0 Å². The van der Waals surface area contributed by atoms with Gasteiger partial charge in [-0.1, -0.05) is 11.6 Å². The first-order valence-corrected chi connectivity index (χ1v) is 31.8. The highest BCUT2D eigenvalue weighted by Gasteiger charge is 2.31. The number of alkyl halides is 1. The molecular formula is C44H54Cl2N19O22P3. The molecule has 0 fully saturated rings. The third kappa shape index (κ3) is 19.6. The van der Waals surface area contributed by atoms with Gasteiger partial charge in [-0.05, 0) is 38.1 Å². The van der Waals surface area contributed by atoms with E-state index >= 15 is 0 Å². The molecule has 0 amide bonds. The van der Waals surface area contributed by atoms with Crippen LogP contribution in [0.2, 0.25) is 5.15 Å². The zero-order chi connectivity index (χ0) is 65.3. The number of anilines is 3. The summed E-state index contributed by atoms with van der Waals surface area (Å²) in [5.74, 6) is -0.803. The molecular weight excluding hydrogens is 1310 g/mol. The first-order chi connectivity index (χ1) is 42.7. The van der Waals surface area contributed by atoms with E-state index in [0.29, 0.717) is 35.7 Å². The van der Waals surface area contributed by atoms with Crippen LogP contribution in [0.15, 0.2) is 78.2 Å². The first kappa shape index (κ1) is 69.1. The van der Waals surface area contributed by atoms with Gasteiger partial charge in [-0.2, -0.15) is 19.9 Å². The van der Waals surface area contributed by atoms with E-state index in [4.69, 9.17) is 81.4 Å². The Morgan fingerprint density at radius 2 is 0.989 bits per heavy atom. The normalized spacial score (nSPS) is 13.6. The van der Waals surface area contributed by atoms with Crippen molar-refractivity contribution in [2.24, 2.45) is 0 Å². The number of nitrogens with zero attached hydrogens (tertiary/aromatic N) is 14. The third-order valence-electron chi connectivity index (χ3n) is 11.7. The van der Waals surface area contributed by atoms with E-state index in [0.717, 1.165) is 18.6 Å². The quantitative estimate of drug-likeness (QED) is 0.00723. The predicted molar refractivity (Wildman–Crippen MR) is 313 cm³/mol. The monoisotopic (exact) mass is 1360 g/mol. The minimum Gasteiger partial charge on any atom is -0.403 e. The zero-order valence-corrected chi connectivity index (χ0v) is 50.9. The molecule has 9 aromatic rings. The smallest absolute Gasteiger partial charge is 0.403 e. The number of nitrogens with two attached hydrogens (primary N) is 3. The Kier molecular flexibility index (Phi) is 24.1. The molecule has 0 saturated heterocycles. The molecule has 9 heterocycles. The average Bonchev–Trinajstić information content (AvgIpc) is 1.90.